The van der Waals surface area contributed by atoms with Gasteiger partial charge in [-0.1, -0.05) is 29.8 Å². The number of likely N-dealkylation sites (tertiary alicyclic amines) is 1. The van der Waals surface area contributed by atoms with Crippen LogP contribution in [0.3, 0.4) is 0 Å². The Labute approximate surface area is 159 Å². The number of likely N-dealkylation sites (N-methyl/N-ethyl adjacent to an activating group) is 1. The molecule has 0 unspecified atom stereocenters. The lowest BCUT2D eigenvalue weighted by molar-refractivity contribution is 0.227. The zero-order chi connectivity index (χ0) is 18.3. The van der Waals surface area contributed by atoms with Gasteiger partial charge in [-0.2, -0.15) is 0 Å². The second kappa shape index (κ2) is 6.93. The molecule has 1 saturated heterocycles. The molecular weight excluding hydrogens is 348 g/mol. The van der Waals surface area contributed by atoms with Crippen molar-refractivity contribution in [2.75, 3.05) is 34.4 Å². The van der Waals surface area contributed by atoms with Gasteiger partial charge >= 0.3 is 0 Å². The Morgan fingerprint density at radius 3 is 2.54 bits per heavy atom. The van der Waals surface area contributed by atoms with E-state index in [2.05, 4.69) is 18.0 Å². The molecule has 0 amide bonds. The van der Waals surface area contributed by atoms with E-state index in [-0.39, 0.29) is 6.04 Å². The molecule has 0 saturated carbocycles. The van der Waals surface area contributed by atoms with Gasteiger partial charge in [-0.05, 0) is 43.8 Å². The van der Waals surface area contributed by atoms with Crippen LogP contribution in [0.1, 0.15) is 29.0 Å². The van der Waals surface area contributed by atoms with E-state index in [0.29, 0.717) is 11.7 Å². The fourth-order valence-electron chi connectivity index (χ4n) is 4.07. The Kier molecular flexibility index (Phi) is 4.63. The molecule has 0 aromatic heterocycles. The average Bonchev–Trinajstić information content (AvgIpc) is 2.67. The van der Waals surface area contributed by atoms with Crippen LogP contribution in [0.5, 0.6) is 11.5 Å². The highest BCUT2D eigenvalue weighted by Crippen LogP contribution is 2.42. The third kappa shape index (κ3) is 2.87. The molecule has 2 atom stereocenters. The summed E-state index contributed by atoms with van der Waals surface area (Å²) in [6.07, 6.45) is 1.04. The number of aliphatic imine (C=N–C) groups is 1. The van der Waals surface area contributed by atoms with Gasteiger partial charge in [-0.15, -0.1) is 0 Å². The van der Waals surface area contributed by atoms with Crippen LogP contribution in [0, 0.1) is 0 Å². The van der Waals surface area contributed by atoms with Gasteiger partial charge in [0.1, 0.15) is 0 Å². The van der Waals surface area contributed by atoms with Crippen LogP contribution in [0.4, 0.5) is 0 Å². The molecule has 2 heterocycles. The summed E-state index contributed by atoms with van der Waals surface area (Å²) in [6, 6.07) is 12.3. The topological polar surface area (TPSA) is 34.1 Å². The minimum absolute atomic E-state index is 0.267. The second-order valence-corrected chi connectivity index (χ2v) is 7.38. The second-order valence-electron chi connectivity index (χ2n) is 6.98. The fraction of sp³-hybridized carbons (Fsp3) is 0.381. The first-order valence-electron chi connectivity index (χ1n) is 8.90. The smallest absolute Gasteiger partial charge is 0.161 e. The minimum atomic E-state index is 0.267. The summed E-state index contributed by atoms with van der Waals surface area (Å²) in [5.74, 6) is 1.84. The molecule has 0 aliphatic carbocycles. The first-order valence-corrected chi connectivity index (χ1v) is 9.27. The van der Waals surface area contributed by atoms with Crippen LogP contribution < -0.4 is 9.47 Å². The number of hydrogen-bond acceptors (Lipinski definition) is 4. The average molecular weight is 371 g/mol. The number of hydrogen-bond donors (Lipinski definition) is 0. The van der Waals surface area contributed by atoms with Crippen molar-refractivity contribution in [3.8, 4) is 11.5 Å². The third-order valence-electron chi connectivity index (χ3n) is 5.41. The van der Waals surface area contributed by atoms with E-state index in [1.54, 1.807) is 14.2 Å². The molecule has 0 radical (unpaired) electrons. The molecule has 136 valence electrons. The summed E-state index contributed by atoms with van der Waals surface area (Å²) < 4.78 is 11.1. The van der Waals surface area contributed by atoms with Crippen molar-refractivity contribution in [2.24, 2.45) is 4.99 Å². The molecule has 2 aromatic rings. The molecule has 2 aliphatic rings. The number of nitrogens with zero attached hydrogens (tertiary/aromatic N) is 2. The highest BCUT2D eigenvalue weighted by atomic mass is 35.5. The van der Waals surface area contributed by atoms with Crippen molar-refractivity contribution < 1.29 is 9.47 Å². The van der Waals surface area contributed by atoms with Gasteiger partial charge in [0.25, 0.3) is 0 Å². The predicted octanol–water partition coefficient (Wildman–Crippen LogP) is 4.00. The first-order chi connectivity index (χ1) is 12.6. The molecule has 4 rings (SSSR count). The molecule has 2 aliphatic heterocycles. The van der Waals surface area contributed by atoms with Crippen molar-refractivity contribution in [1.82, 2.24) is 4.90 Å². The molecule has 4 nitrogen and oxygen atoms in total. The maximum atomic E-state index is 6.51. The summed E-state index contributed by atoms with van der Waals surface area (Å²) in [7, 11) is 5.52. The zero-order valence-corrected chi connectivity index (χ0v) is 16.1. The normalized spacial score (nSPS) is 22.2. The van der Waals surface area contributed by atoms with E-state index >= 15 is 0 Å². The lowest BCUT2D eigenvalue weighted by Gasteiger charge is -2.39. The Balaban J connectivity index is 1.93. The summed E-state index contributed by atoms with van der Waals surface area (Å²) in [5.41, 5.74) is 4.29. The Bertz CT molecular complexity index is 865. The Morgan fingerprint density at radius 2 is 1.81 bits per heavy atom. The van der Waals surface area contributed by atoms with Gasteiger partial charge in [0.15, 0.2) is 11.5 Å². The quantitative estimate of drug-likeness (QED) is 0.819. The Morgan fingerprint density at radius 1 is 1.08 bits per heavy atom. The third-order valence-corrected chi connectivity index (χ3v) is 5.74. The number of methoxy groups -OCH3 is 2. The van der Waals surface area contributed by atoms with Crippen LogP contribution in [0.2, 0.25) is 5.02 Å². The highest BCUT2D eigenvalue weighted by Gasteiger charge is 2.36. The van der Waals surface area contributed by atoms with Crippen LogP contribution in [-0.4, -0.2) is 51.0 Å². The number of ether oxygens (including phenoxy) is 2. The van der Waals surface area contributed by atoms with Crippen molar-refractivity contribution in [3.63, 3.8) is 0 Å². The van der Waals surface area contributed by atoms with E-state index in [4.69, 9.17) is 26.1 Å². The van der Waals surface area contributed by atoms with Gasteiger partial charge in [0.05, 0.1) is 26.0 Å². The number of piperidine rings is 1. The molecule has 5 heteroatoms. The van der Waals surface area contributed by atoms with E-state index in [0.717, 1.165) is 47.1 Å². The van der Waals surface area contributed by atoms with Gasteiger partial charge in [0.2, 0.25) is 0 Å². The van der Waals surface area contributed by atoms with E-state index in [1.807, 2.05) is 30.3 Å². The van der Waals surface area contributed by atoms with Gasteiger partial charge in [-0.25, -0.2) is 0 Å². The van der Waals surface area contributed by atoms with Crippen molar-refractivity contribution >= 4 is 17.3 Å². The minimum Gasteiger partial charge on any atom is -0.493 e. The van der Waals surface area contributed by atoms with Gasteiger partial charge < -0.3 is 14.4 Å². The molecule has 2 aromatic carbocycles. The van der Waals surface area contributed by atoms with Crippen molar-refractivity contribution in [1.29, 1.82) is 0 Å². The summed E-state index contributed by atoms with van der Waals surface area (Å²) in [6.45, 7) is 2.05. The number of fused-ring (bicyclic) bond motifs is 3. The lowest BCUT2D eigenvalue weighted by Crippen LogP contribution is -2.41. The first kappa shape index (κ1) is 17.4. The molecule has 26 heavy (non-hydrogen) atoms. The largest absolute Gasteiger partial charge is 0.493 e. The number of halogens is 1. The number of rotatable bonds is 3. The summed E-state index contributed by atoms with van der Waals surface area (Å²) >= 11 is 6.51. The van der Waals surface area contributed by atoms with E-state index in [9.17, 15) is 0 Å². The standard InChI is InChI=1S/C21H23ClN2O2/c1-24-9-8-18-16(12-24)14-10-19(25-2)20(26-3)11-15(14)21(23-18)13-6-4-5-7-17(13)22/h4-7,10-11,16,18H,8-9,12H2,1-3H3/t16-,18-/m1/s1. The molecule has 0 N–H and O–H groups in total. The fourth-order valence-corrected chi connectivity index (χ4v) is 4.30. The molecule has 0 spiro atoms. The van der Waals surface area contributed by atoms with Crippen molar-refractivity contribution in [3.05, 3.63) is 58.1 Å². The SMILES string of the molecule is COc1cc2c(cc1OC)[C@H]1CN(C)CC[C@H]1N=C2c1ccccc1Cl. The zero-order valence-electron chi connectivity index (χ0n) is 15.3. The maximum Gasteiger partial charge on any atom is 0.161 e. The molecule has 1 fully saturated rings. The molecular formula is C21H23ClN2O2. The van der Waals surface area contributed by atoms with Crippen LogP contribution >= 0.6 is 11.6 Å². The van der Waals surface area contributed by atoms with Crippen LogP contribution in [0.25, 0.3) is 0 Å². The predicted molar refractivity (Wildman–Crippen MR) is 105 cm³/mol. The van der Waals surface area contributed by atoms with Gasteiger partial charge in [-0.3, -0.25) is 4.99 Å². The maximum absolute atomic E-state index is 6.51. The number of benzene rings is 2. The van der Waals surface area contributed by atoms with Crippen molar-refractivity contribution in [2.45, 2.75) is 18.4 Å². The summed E-state index contributed by atoms with van der Waals surface area (Å²) in [4.78, 5) is 7.52. The highest BCUT2D eigenvalue weighted by molar-refractivity contribution is 6.35. The molecule has 0 bridgehead atoms. The monoisotopic (exact) mass is 370 g/mol. The van der Waals surface area contributed by atoms with E-state index in [1.165, 1.54) is 5.56 Å². The Hall–Kier alpha value is -2.04. The van der Waals surface area contributed by atoms with E-state index < -0.39 is 0 Å². The summed E-state index contributed by atoms with van der Waals surface area (Å²) in [5, 5.41) is 0.721. The van der Waals surface area contributed by atoms with Crippen LogP contribution in [0.15, 0.2) is 41.4 Å². The van der Waals surface area contributed by atoms with Gasteiger partial charge in [0, 0.05) is 28.6 Å². The van der Waals surface area contributed by atoms with Crippen LogP contribution in [-0.2, 0) is 0 Å². The lowest BCUT2D eigenvalue weighted by atomic mass is 9.79.